The number of rotatable bonds is 0. The van der Waals surface area contributed by atoms with Crippen LogP contribution in [0.3, 0.4) is 0 Å². The highest BCUT2D eigenvalue weighted by Gasteiger charge is 2.32. The molecule has 0 bridgehead atoms. The van der Waals surface area contributed by atoms with E-state index in [1.54, 1.807) is 0 Å². The largest absolute Gasteiger partial charge is 0.457 e. The third-order valence-corrected chi connectivity index (χ3v) is 2.72. The van der Waals surface area contributed by atoms with Crippen LogP contribution in [0.2, 0.25) is 10.0 Å². The number of halogens is 4. The Morgan fingerprint density at radius 1 is 1.14 bits per heavy atom. The van der Waals surface area contributed by atoms with Crippen LogP contribution < -0.4 is 0 Å². The zero-order valence-corrected chi connectivity index (χ0v) is 8.05. The van der Waals surface area contributed by atoms with Crippen molar-refractivity contribution in [1.29, 1.82) is 0 Å². The SMILES string of the molecule is O=C1OCc2c(F)c(Cl)c(Cl)c(F)c21. The van der Waals surface area contributed by atoms with Crippen LogP contribution >= 0.6 is 23.2 Å². The van der Waals surface area contributed by atoms with Crippen molar-refractivity contribution in [2.24, 2.45) is 0 Å². The Hall–Kier alpha value is -0.870. The highest BCUT2D eigenvalue weighted by Crippen LogP contribution is 2.36. The zero-order valence-electron chi connectivity index (χ0n) is 6.54. The molecule has 1 heterocycles. The van der Waals surface area contributed by atoms with Gasteiger partial charge in [-0.3, -0.25) is 0 Å². The molecule has 0 atom stereocenters. The minimum atomic E-state index is -1.03. The Morgan fingerprint density at radius 2 is 1.71 bits per heavy atom. The first-order valence-corrected chi connectivity index (χ1v) is 4.31. The van der Waals surface area contributed by atoms with Crippen molar-refractivity contribution in [3.05, 3.63) is 32.8 Å². The average molecular weight is 239 g/mol. The van der Waals surface area contributed by atoms with E-state index in [1.165, 1.54) is 0 Å². The Bertz CT molecular complexity index is 446. The molecule has 0 aliphatic carbocycles. The van der Waals surface area contributed by atoms with Gasteiger partial charge >= 0.3 is 5.97 Å². The third kappa shape index (κ3) is 1.11. The van der Waals surface area contributed by atoms with Gasteiger partial charge < -0.3 is 4.74 Å². The van der Waals surface area contributed by atoms with Crippen LogP contribution in [0.15, 0.2) is 0 Å². The normalized spacial score (nSPS) is 14.1. The van der Waals surface area contributed by atoms with Crippen molar-refractivity contribution in [1.82, 2.24) is 0 Å². The summed E-state index contributed by atoms with van der Waals surface area (Å²) in [7, 11) is 0. The lowest BCUT2D eigenvalue weighted by Gasteiger charge is -2.03. The molecule has 0 saturated heterocycles. The second kappa shape index (κ2) is 3.07. The van der Waals surface area contributed by atoms with E-state index >= 15 is 0 Å². The van der Waals surface area contributed by atoms with Crippen LogP contribution in [0.1, 0.15) is 15.9 Å². The molecule has 1 aliphatic heterocycles. The van der Waals surface area contributed by atoms with Gasteiger partial charge in [-0.1, -0.05) is 23.2 Å². The lowest BCUT2D eigenvalue weighted by molar-refractivity contribution is 0.0530. The lowest BCUT2D eigenvalue weighted by atomic mass is 10.1. The number of carbonyl (C=O) groups excluding carboxylic acids is 1. The maximum absolute atomic E-state index is 13.3. The first-order chi connectivity index (χ1) is 6.54. The molecular formula is C8H2Cl2F2O2. The van der Waals surface area contributed by atoms with Gasteiger partial charge in [0.1, 0.15) is 12.2 Å². The molecule has 2 nitrogen and oxygen atoms in total. The Labute approximate surface area is 87.4 Å². The molecule has 0 unspecified atom stereocenters. The molecule has 0 saturated carbocycles. The summed E-state index contributed by atoms with van der Waals surface area (Å²) in [6.07, 6.45) is 0. The maximum atomic E-state index is 13.3. The Balaban J connectivity index is 2.84. The van der Waals surface area contributed by atoms with Crippen LogP contribution in [0.5, 0.6) is 0 Å². The van der Waals surface area contributed by atoms with E-state index in [9.17, 15) is 13.6 Å². The van der Waals surface area contributed by atoms with E-state index < -0.39 is 33.2 Å². The van der Waals surface area contributed by atoms with E-state index in [2.05, 4.69) is 4.74 Å². The molecule has 74 valence electrons. The summed E-state index contributed by atoms with van der Waals surface area (Å²) in [5.74, 6) is -2.86. The summed E-state index contributed by atoms with van der Waals surface area (Å²) in [5, 5.41) is -1.12. The van der Waals surface area contributed by atoms with E-state index in [0.29, 0.717) is 0 Å². The molecule has 2 rings (SSSR count). The van der Waals surface area contributed by atoms with Crippen LogP contribution in [-0.4, -0.2) is 5.97 Å². The molecular weight excluding hydrogens is 237 g/mol. The van der Waals surface area contributed by atoms with Crippen LogP contribution in [-0.2, 0) is 11.3 Å². The zero-order chi connectivity index (χ0) is 10.5. The van der Waals surface area contributed by atoms with Crippen molar-refractivity contribution in [2.45, 2.75) is 6.61 Å². The van der Waals surface area contributed by atoms with E-state index in [1.807, 2.05) is 0 Å². The minimum absolute atomic E-state index is 0.179. The molecule has 0 radical (unpaired) electrons. The molecule has 0 N–H and O–H groups in total. The molecule has 0 spiro atoms. The summed E-state index contributed by atoms with van der Waals surface area (Å²) in [4.78, 5) is 11.0. The van der Waals surface area contributed by atoms with Gasteiger partial charge in [-0.2, -0.15) is 0 Å². The Morgan fingerprint density at radius 3 is 2.36 bits per heavy atom. The van der Waals surface area contributed by atoms with Crippen LogP contribution in [0.25, 0.3) is 0 Å². The highest BCUT2D eigenvalue weighted by atomic mass is 35.5. The smallest absolute Gasteiger partial charge is 0.342 e. The number of hydrogen-bond donors (Lipinski definition) is 0. The third-order valence-electron chi connectivity index (χ3n) is 1.92. The van der Waals surface area contributed by atoms with Crippen molar-refractivity contribution < 1.29 is 18.3 Å². The highest BCUT2D eigenvalue weighted by molar-refractivity contribution is 6.42. The van der Waals surface area contributed by atoms with Gasteiger partial charge in [0.15, 0.2) is 11.6 Å². The lowest BCUT2D eigenvalue weighted by Crippen LogP contribution is -2.01. The second-order valence-corrected chi connectivity index (χ2v) is 3.44. The van der Waals surface area contributed by atoms with Crippen molar-refractivity contribution in [2.75, 3.05) is 0 Å². The number of fused-ring (bicyclic) bond motifs is 1. The summed E-state index contributed by atoms with van der Waals surface area (Å²) in [6.45, 7) is -0.312. The van der Waals surface area contributed by atoms with Gasteiger partial charge in [0.25, 0.3) is 0 Å². The van der Waals surface area contributed by atoms with Gasteiger partial charge in [0.2, 0.25) is 0 Å². The molecule has 0 aromatic heterocycles. The summed E-state index contributed by atoms with van der Waals surface area (Å²) in [6, 6.07) is 0. The first kappa shape index (κ1) is 9.68. The van der Waals surface area contributed by atoms with E-state index in [0.717, 1.165) is 0 Å². The summed E-state index contributed by atoms with van der Waals surface area (Å²) in [5.41, 5.74) is -0.640. The molecule has 1 aromatic rings. The molecule has 1 aliphatic rings. The molecule has 0 amide bonds. The summed E-state index contributed by atoms with van der Waals surface area (Å²) < 4.78 is 31.1. The fourth-order valence-electron chi connectivity index (χ4n) is 1.24. The number of benzene rings is 1. The second-order valence-electron chi connectivity index (χ2n) is 2.69. The monoisotopic (exact) mass is 238 g/mol. The van der Waals surface area contributed by atoms with E-state index in [4.69, 9.17) is 23.2 Å². The van der Waals surface area contributed by atoms with Crippen molar-refractivity contribution >= 4 is 29.2 Å². The van der Waals surface area contributed by atoms with E-state index in [-0.39, 0.29) is 12.2 Å². The van der Waals surface area contributed by atoms with Crippen LogP contribution in [0, 0.1) is 11.6 Å². The minimum Gasteiger partial charge on any atom is -0.457 e. The number of hydrogen-bond acceptors (Lipinski definition) is 2. The van der Waals surface area contributed by atoms with Gasteiger partial charge in [-0.15, -0.1) is 0 Å². The van der Waals surface area contributed by atoms with Crippen LogP contribution in [0.4, 0.5) is 8.78 Å². The molecule has 1 aromatic carbocycles. The van der Waals surface area contributed by atoms with Gasteiger partial charge in [-0.05, 0) is 0 Å². The predicted octanol–water partition coefficient (Wildman–Crippen LogP) is 2.94. The molecule has 0 fully saturated rings. The van der Waals surface area contributed by atoms with Gasteiger partial charge in [0, 0.05) is 5.56 Å². The number of carbonyl (C=O) groups is 1. The van der Waals surface area contributed by atoms with Crippen molar-refractivity contribution in [3.8, 4) is 0 Å². The average Bonchev–Trinajstić information content (AvgIpc) is 2.54. The van der Waals surface area contributed by atoms with Gasteiger partial charge in [-0.25, -0.2) is 13.6 Å². The van der Waals surface area contributed by atoms with Crippen molar-refractivity contribution in [3.63, 3.8) is 0 Å². The predicted molar refractivity (Wildman–Crippen MR) is 45.5 cm³/mol. The molecule has 14 heavy (non-hydrogen) atoms. The fourth-order valence-corrected chi connectivity index (χ4v) is 1.61. The maximum Gasteiger partial charge on any atom is 0.342 e. The number of cyclic esters (lactones) is 1. The van der Waals surface area contributed by atoms with Gasteiger partial charge in [0.05, 0.1) is 10.0 Å². The number of ether oxygens (including phenoxy) is 1. The number of esters is 1. The topological polar surface area (TPSA) is 26.3 Å². The first-order valence-electron chi connectivity index (χ1n) is 3.56. The standard InChI is InChI=1S/C8H2Cl2F2O2/c9-4-5(10)7(12)3-2(6(4)11)1-14-8(3)13/h1H2. The Kier molecular flexibility index (Phi) is 2.12. The quantitative estimate of drug-likeness (QED) is 0.395. The molecule has 6 heteroatoms. The summed E-state index contributed by atoms with van der Waals surface area (Å²) >= 11 is 10.8. The fraction of sp³-hybridized carbons (Fsp3) is 0.125.